The van der Waals surface area contributed by atoms with Crippen molar-refractivity contribution in [3.63, 3.8) is 0 Å². The molecular formula is C16H33N3. The third-order valence-electron chi connectivity index (χ3n) is 5.06. The Bertz CT molecular complexity index is 228. The Morgan fingerprint density at radius 1 is 1.00 bits per heavy atom. The molecule has 2 heterocycles. The van der Waals surface area contributed by atoms with E-state index < -0.39 is 0 Å². The van der Waals surface area contributed by atoms with Gasteiger partial charge in [0, 0.05) is 19.1 Å². The van der Waals surface area contributed by atoms with Crippen molar-refractivity contribution in [1.82, 2.24) is 15.1 Å². The molecule has 3 heteroatoms. The number of likely N-dealkylation sites (tertiary alicyclic amines) is 2. The van der Waals surface area contributed by atoms with Crippen molar-refractivity contribution >= 4 is 0 Å². The van der Waals surface area contributed by atoms with Gasteiger partial charge in [0.25, 0.3) is 0 Å². The van der Waals surface area contributed by atoms with E-state index in [2.05, 4.69) is 29.1 Å². The number of rotatable bonds is 5. The number of hydrogen-bond donors (Lipinski definition) is 1. The van der Waals surface area contributed by atoms with E-state index in [9.17, 15) is 0 Å². The highest BCUT2D eigenvalue weighted by Crippen LogP contribution is 2.19. The van der Waals surface area contributed by atoms with Gasteiger partial charge in [0.2, 0.25) is 0 Å². The molecule has 2 saturated heterocycles. The number of nitrogens with one attached hydrogen (secondary N) is 1. The SMILES string of the molecule is CC(NCCN1CCCCCC1)C1CCN(C)CC1. The average Bonchev–Trinajstić information content (AvgIpc) is 2.68. The second-order valence-corrected chi connectivity index (χ2v) is 6.64. The smallest absolute Gasteiger partial charge is 0.0107 e. The quantitative estimate of drug-likeness (QED) is 0.824. The number of nitrogens with zero attached hydrogens (tertiary/aromatic N) is 2. The van der Waals surface area contributed by atoms with Crippen molar-refractivity contribution in [1.29, 1.82) is 0 Å². The number of piperidine rings is 1. The highest BCUT2D eigenvalue weighted by Gasteiger charge is 2.21. The fourth-order valence-electron chi connectivity index (χ4n) is 3.51. The zero-order valence-electron chi connectivity index (χ0n) is 13.0. The number of hydrogen-bond acceptors (Lipinski definition) is 3. The van der Waals surface area contributed by atoms with Crippen LogP contribution in [0.15, 0.2) is 0 Å². The zero-order valence-corrected chi connectivity index (χ0v) is 13.0. The van der Waals surface area contributed by atoms with Crippen molar-refractivity contribution in [2.45, 2.75) is 51.5 Å². The topological polar surface area (TPSA) is 18.5 Å². The molecular weight excluding hydrogens is 234 g/mol. The Kier molecular flexibility index (Phi) is 6.62. The molecule has 1 unspecified atom stereocenters. The van der Waals surface area contributed by atoms with Crippen LogP contribution in [0.3, 0.4) is 0 Å². The summed E-state index contributed by atoms with van der Waals surface area (Å²) in [5.41, 5.74) is 0. The molecule has 1 N–H and O–H groups in total. The van der Waals surface area contributed by atoms with Crippen molar-refractivity contribution in [2.75, 3.05) is 46.3 Å². The predicted molar refractivity (Wildman–Crippen MR) is 82.6 cm³/mol. The summed E-state index contributed by atoms with van der Waals surface area (Å²) in [5, 5.41) is 3.77. The Labute approximate surface area is 119 Å². The van der Waals surface area contributed by atoms with Crippen LogP contribution in [0.5, 0.6) is 0 Å². The standard InChI is InChI=1S/C16H33N3/c1-15(16-7-12-18(2)13-8-16)17-9-14-19-10-5-3-4-6-11-19/h15-17H,3-14H2,1-2H3. The van der Waals surface area contributed by atoms with Gasteiger partial charge in [-0.05, 0) is 71.8 Å². The van der Waals surface area contributed by atoms with Crippen LogP contribution in [0.4, 0.5) is 0 Å². The lowest BCUT2D eigenvalue weighted by Crippen LogP contribution is -2.43. The summed E-state index contributed by atoms with van der Waals surface area (Å²) in [6.45, 7) is 10.0. The van der Waals surface area contributed by atoms with Crippen LogP contribution in [0.25, 0.3) is 0 Å². The maximum Gasteiger partial charge on any atom is 0.0107 e. The minimum Gasteiger partial charge on any atom is -0.313 e. The molecule has 2 aliphatic heterocycles. The molecule has 2 aliphatic rings. The van der Waals surface area contributed by atoms with Gasteiger partial charge in [-0.1, -0.05) is 12.8 Å². The van der Waals surface area contributed by atoms with Crippen LogP contribution in [-0.4, -0.2) is 62.2 Å². The molecule has 0 saturated carbocycles. The molecule has 0 aromatic carbocycles. The molecule has 3 nitrogen and oxygen atoms in total. The first-order valence-corrected chi connectivity index (χ1v) is 8.40. The minimum atomic E-state index is 0.695. The molecule has 19 heavy (non-hydrogen) atoms. The molecule has 0 aliphatic carbocycles. The summed E-state index contributed by atoms with van der Waals surface area (Å²) in [6, 6.07) is 0.695. The van der Waals surface area contributed by atoms with E-state index in [1.165, 1.54) is 77.8 Å². The molecule has 2 fully saturated rings. The zero-order chi connectivity index (χ0) is 13.5. The van der Waals surface area contributed by atoms with Gasteiger partial charge >= 0.3 is 0 Å². The van der Waals surface area contributed by atoms with Crippen molar-refractivity contribution in [3.05, 3.63) is 0 Å². The molecule has 0 amide bonds. The van der Waals surface area contributed by atoms with Gasteiger partial charge in [-0.15, -0.1) is 0 Å². The van der Waals surface area contributed by atoms with Crippen LogP contribution in [0, 0.1) is 5.92 Å². The van der Waals surface area contributed by atoms with Crippen LogP contribution < -0.4 is 5.32 Å². The Balaban J connectivity index is 1.59. The van der Waals surface area contributed by atoms with Gasteiger partial charge in [-0.2, -0.15) is 0 Å². The Morgan fingerprint density at radius 3 is 2.26 bits per heavy atom. The average molecular weight is 267 g/mol. The lowest BCUT2D eigenvalue weighted by atomic mass is 9.90. The third kappa shape index (κ3) is 5.41. The second-order valence-electron chi connectivity index (χ2n) is 6.64. The van der Waals surface area contributed by atoms with E-state index in [0.29, 0.717) is 6.04 Å². The first kappa shape index (κ1) is 15.3. The first-order valence-electron chi connectivity index (χ1n) is 8.40. The van der Waals surface area contributed by atoms with E-state index in [1.807, 2.05) is 0 Å². The Morgan fingerprint density at radius 2 is 1.63 bits per heavy atom. The highest BCUT2D eigenvalue weighted by atomic mass is 15.1. The second kappa shape index (κ2) is 8.23. The summed E-state index contributed by atoms with van der Waals surface area (Å²) in [4.78, 5) is 5.11. The molecule has 112 valence electrons. The normalized spacial score (nSPS) is 26.2. The van der Waals surface area contributed by atoms with Crippen molar-refractivity contribution in [2.24, 2.45) is 5.92 Å². The highest BCUT2D eigenvalue weighted by molar-refractivity contribution is 4.78. The first-order chi connectivity index (χ1) is 9.25. The summed E-state index contributed by atoms with van der Waals surface area (Å²) in [5.74, 6) is 0.889. The van der Waals surface area contributed by atoms with Gasteiger partial charge in [-0.3, -0.25) is 0 Å². The molecule has 0 bridgehead atoms. The third-order valence-corrected chi connectivity index (χ3v) is 5.06. The predicted octanol–water partition coefficient (Wildman–Crippen LogP) is 2.18. The lowest BCUT2D eigenvalue weighted by molar-refractivity contribution is 0.186. The molecule has 1 atom stereocenters. The van der Waals surface area contributed by atoms with Gasteiger partial charge in [0.15, 0.2) is 0 Å². The summed E-state index contributed by atoms with van der Waals surface area (Å²) >= 11 is 0. The fourth-order valence-corrected chi connectivity index (χ4v) is 3.51. The van der Waals surface area contributed by atoms with E-state index in [4.69, 9.17) is 0 Å². The van der Waals surface area contributed by atoms with Crippen LogP contribution >= 0.6 is 0 Å². The molecule has 0 aromatic rings. The van der Waals surface area contributed by atoms with Gasteiger partial charge in [0.05, 0.1) is 0 Å². The largest absolute Gasteiger partial charge is 0.313 e. The molecule has 0 radical (unpaired) electrons. The van der Waals surface area contributed by atoms with Crippen molar-refractivity contribution < 1.29 is 0 Å². The van der Waals surface area contributed by atoms with E-state index >= 15 is 0 Å². The summed E-state index contributed by atoms with van der Waals surface area (Å²) in [6.07, 6.45) is 8.43. The Hall–Kier alpha value is -0.120. The maximum atomic E-state index is 3.77. The van der Waals surface area contributed by atoms with Crippen LogP contribution in [-0.2, 0) is 0 Å². The molecule has 0 aromatic heterocycles. The van der Waals surface area contributed by atoms with E-state index in [-0.39, 0.29) is 0 Å². The van der Waals surface area contributed by atoms with Gasteiger partial charge in [-0.25, -0.2) is 0 Å². The van der Waals surface area contributed by atoms with E-state index in [0.717, 1.165) is 5.92 Å². The van der Waals surface area contributed by atoms with Gasteiger partial charge < -0.3 is 15.1 Å². The minimum absolute atomic E-state index is 0.695. The summed E-state index contributed by atoms with van der Waals surface area (Å²) in [7, 11) is 2.24. The summed E-state index contributed by atoms with van der Waals surface area (Å²) < 4.78 is 0. The molecule has 0 spiro atoms. The monoisotopic (exact) mass is 267 g/mol. The van der Waals surface area contributed by atoms with Gasteiger partial charge in [0.1, 0.15) is 0 Å². The maximum absolute atomic E-state index is 3.77. The van der Waals surface area contributed by atoms with Crippen LogP contribution in [0.2, 0.25) is 0 Å². The lowest BCUT2D eigenvalue weighted by Gasteiger charge is -2.33. The molecule has 2 rings (SSSR count). The fraction of sp³-hybridized carbons (Fsp3) is 1.00. The van der Waals surface area contributed by atoms with Crippen LogP contribution in [0.1, 0.15) is 45.4 Å². The van der Waals surface area contributed by atoms with E-state index in [1.54, 1.807) is 0 Å². The van der Waals surface area contributed by atoms with Crippen molar-refractivity contribution in [3.8, 4) is 0 Å².